The maximum absolute atomic E-state index is 11.5. The van der Waals surface area contributed by atoms with Gasteiger partial charge in [-0.3, -0.25) is 4.79 Å². The molecule has 0 saturated heterocycles. The summed E-state index contributed by atoms with van der Waals surface area (Å²) < 4.78 is 0. The molecule has 76 valence electrons. The van der Waals surface area contributed by atoms with Crippen molar-refractivity contribution in [3.05, 3.63) is 11.9 Å². The van der Waals surface area contributed by atoms with Gasteiger partial charge in [-0.25, -0.2) is 0 Å². The summed E-state index contributed by atoms with van der Waals surface area (Å²) in [5.41, 5.74) is 4.92. The van der Waals surface area contributed by atoms with E-state index < -0.39 is 5.54 Å². The molecular weight excluding hydrogens is 202 g/mol. The van der Waals surface area contributed by atoms with E-state index in [1.165, 1.54) is 6.20 Å². The minimum Gasteiger partial charge on any atom is -0.391 e. The van der Waals surface area contributed by atoms with Crippen molar-refractivity contribution in [3.63, 3.8) is 0 Å². The maximum atomic E-state index is 11.5. The van der Waals surface area contributed by atoms with Crippen molar-refractivity contribution in [2.75, 3.05) is 0 Å². The van der Waals surface area contributed by atoms with Gasteiger partial charge >= 0.3 is 0 Å². The first-order valence-corrected chi connectivity index (χ1v) is 4.32. The number of hydrogen-bond donors (Lipinski definition) is 3. The highest BCUT2D eigenvalue weighted by molar-refractivity contribution is 7.80. The third-order valence-corrected chi connectivity index (χ3v) is 2.20. The first kappa shape index (κ1) is 10.6. The molecular formula is C7H11N5OS. The zero-order valence-corrected chi connectivity index (χ0v) is 8.68. The molecule has 1 rings (SSSR count). The fraction of sp³-hybridized carbons (Fsp3) is 0.429. The molecule has 0 atom stereocenters. The number of H-pyrrole nitrogens is 1. The van der Waals surface area contributed by atoms with E-state index in [-0.39, 0.29) is 16.6 Å². The Balaban J connectivity index is 2.71. The molecule has 0 bridgehead atoms. The van der Waals surface area contributed by atoms with Crippen LogP contribution in [0.3, 0.4) is 0 Å². The van der Waals surface area contributed by atoms with E-state index in [4.69, 9.17) is 18.0 Å². The minimum absolute atomic E-state index is 0.203. The number of nitrogens with two attached hydrogens (primary N) is 1. The van der Waals surface area contributed by atoms with E-state index in [0.29, 0.717) is 0 Å². The van der Waals surface area contributed by atoms with Crippen LogP contribution < -0.4 is 11.1 Å². The second-order valence-corrected chi connectivity index (χ2v) is 3.74. The van der Waals surface area contributed by atoms with Crippen LogP contribution in [0.5, 0.6) is 0 Å². The van der Waals surface area contributed by atoms with E-state index >= 15 is 0 Å². The highest BCUT2D eigenvalue weighted by atomic mass is 32.1. The largest absolute Gasteiger partial charge is 0.391 e. The first-order chi connectivity index (χ1) is 6.43. The van der Waals surface area contributed by atoms with Gasteiger partial charge in [-0.15, -0.1) is 0 Å². The van der Waals surface area contributed by atoms with Crippen LogP contribution in [0, 0.1) is 0 Å². The Bertz CT molecular complexity index is 345. The monoisotopic (exact) mass is 213 g/mol. The number of nitrogens with zero attached hydrogens (tertiary/aromatic N) is 2. The smallest absolute Gasteiger partial charge is 0.274 e. The van der Waals surface area contributed by atoms with Gasteiger partial charge in [-0.2, -0.15) is 15.4 Å². The van der Waals surface area contributed by atoms with Gasteiger partial charge in [-0.1, -0.05) is 12.2 Å². The number of carbonyl (C=O) groups excluding carboxylic acids is 1. The fourth-order valence-electron chi connectivity index (χ4n) is 0.720. The van der Waals surface area contributed by atoms with Crippen LogP contribution >= 0.6 is 12.2 Å². The molecule has 0 aliphatic carbocycles. The van der Waals surface area contributed by atoms with Gasteiger partial charge in [-0.05, 0) is 13.8 Å². The number of aromatic nitrogens is 3. The Hall–Kier alpha value is -1.50. The molecule has 0 aliphatic rings. The molecule has 1 amide bonds. The Morgan fingerprint density at radius 1 is 1.71 bits per heavy atom. The quantitative estimate of drug-likeness (QED) is 0.594. The van der Waals surface area contributed by atoms with E-state index in [1.54, 1.807) is 13.8 Å². The van der Waals surface area contributed by atoms with Crippen molar-refractivity contribution in [1.29, 1.82) is 0 Å². The lowest BCUT2D eigenvalue weighted by Crippen LogP contribution is -2.52. The summed E-state index contributed by atoms with van der Waals surface area (Å²) in [6.45, 7) is 3.43. The Kier molecular flexibility index (Phi) is 2.80. The second kappa shape index (κ2) is 3.70. The molecule has 0 unspecified atom stereocenters. The van der Waals surface area contributed by atoms with Crippen molar-refractivity contribution in [3.8, 4) is 0 Å². The number of rotatable bonds is 3. The zero-order chi connectivity index (χ0) is 10.8. The standard InChI is InChI=1S/C7H11N5OS/c1-7(2,6(8)14)10-5(13)4-3-9-12-11-4/h3H,1-2H3,(H2,8,14)(H,10,13)(H,9,11,12). The lowest BCUT2D eigenvalue weighted by Gasteiger charge is -2.23. The number of amides is 1. The molecule has 0 radical (unpaired) electrons. The van der Waals surface area contributed by atoms with E-state index in [0.717, 1.165) is 0 Å². The Morgan fingerprint density at radius 3 is 2.79 bits per heavy atom. The van der Waals surface area contributed by atoms with Crippen LogP contribution in [0.25, 0.3) is 0 Å². The molecule has 0 spiro atoms. The van der Waals surface area contributed by atoms with Crippen molar-refractivity contribution in [1.82, 2.24) is 20.7 Å². The van der Waals surface area contributed by atoms with Gasteiger partial charge in [0.15, 0.2) is 5.69 Å². The third kappa shape index (κ3) is 2.25. The van der Waals surface area contributed by atoms with Crippen LogP contribution in [0.1, 0.15) is 24.3 Å². The van der Waals surface area contributed by atoms with E-state index in [9.17, 15) is 4.79 Å². The topological polar surface area (TPSA) is 96.7 Å². The average molecular weight is 213 g/mol. The minimum atomic E-state index is -0.731. The van der Waals surface area contributed by atoms with Crippen molar-refractivity contribution in [2.45, 2.75) is 19.4 Å². The highest BCUT2D eigenvalue weighted by Gasteiger charge is 2.24. The molecule has 0 saturated carbocycles. The van der Waals surface area contributed by atoms with Crippen molar-refractivity contribution >= 4 is 23.1 Å². The van der Waals surface area contributed by atoms with Gasteiger partial charge in [0.1, 0.15) is 0 Å². The number of hydrogen-bond acceptors (Lipinski definition) is 4. The number of thiocarbonyl (C=S) groups is 1. The summed E-state index contributed by atoms with van der Waals surface area (Å²) in [6.07, 6.45) is 1.32. The molecule has 1 aromatic rings. The molecule has 6 nitrogen and oxygen atoms in total. The van der Waals surface area contributed by atoms with Crippen molar-refractivity contribution < 1.29 is 4.79 Å². The summed E-state index contributed by atoms with van der Waals surface area (Å²) in [7, 11) is 0. The van der Waals surface area contributed by atoms with Gasteiger partial charge in [0.25, 0.3) is 5.91 Å². The fourth-order valence-corrected chi connectivity index (χ4v) is 0.772. The van der Waals surface area contributed by atoms with E-state index in [1.807, 2.05) is 0 Å². The molecule has 0 aliphatic heterocycles. The van der Waals surface area contributed by atoms with Gasteiger partial charge in [0.2, 0.25) is 0 Å². The molecule has 4 N–H and O–H groups in total. The Labute approximate surface area is 86.3 Å². The SMILES string of the molecule is CC(C)(NC(=O)c1cn[nH]n1)C(N)=S. The number of aromatic amines is 1. The molecule has 0 aromatic carbocycles. The molecule has 0 fully saturated rings. The summed E-state index contributed by atoms with van der Waals surface area (Å²) in [5, 5.41) is 12.1. The summed E-state index contributed by atoms with van der Waals surface area (Å²) in [4.78, 5) is 11.7. The first-order valence-electron chi connectivity index (χ1n) is 3.91. The number of nitrogens with one attached hydrogen (secondary N) is 2. The molecule has 14 heavy (non-hydrogen) atoms. The summed E-state index contributed by atoms with van der Waals surface area (Å²) >= 11 is 4.80. The van der Waals surface area contributed by atoms with Crippen LogP contribution in [0.15, 0.2) is 6.20 Å². The molecule has 1 aromatic heterocycles. The second-order valence-electron chi connectivity index (χ2n) is 3.30. The van der Waals surface area contributed by atoms with Crippen LogP contribution in [-0.2, 0) is 0 Å². The van der Waals surface area contributed by atoms with Crippen LogP contribution in [0.2, 0.25) is 0 Å². The van der Waals surface area contributed by atoms with Crippen LogP contribution in [-0.4, -0.2) is 31.8 Å². The predicted molar refractivity (Wildman–Crippen MR) is 54.7 cm³/mol. The number of carbonyl (C=O) groups is 1. The van der Waals surface area contributed by atoms with Gasteiger partial charge in [0.05, 0.1) is 16.7 Å². The van der Waals surface area contributed by atoms with Crippen molar-refractivity contribution in [2.24, 2.45) is 5.73 Å². The summed E-state index contributed by atoms with van der Waals surface area (Å²) in [5.74, 6) is -0.364. The zero-order valence-electron chi connectivity index (χ0n) is 7.87. The lowest BCUT2D eigenvalue weighted by atomic mass is 10.1. The molecule has 1 heterocycles. The van der Waals surface area contributed by atoms with Gasteiger partial charge in [0, 0.05) is 0 Å². The third-order valence-electron chi connectivity index (χ3n) is 1.69. The molecule has 7 heteroatoms. The summed E-state index contributed by atoms with van der Waals surface area (Å²) in [6, 6.07) is 0. The predicted octanol–water partition coefficient (Wildman–Crippen LogP) is -0.401. The average Bonchev–Trinajstić information content (AvgIpc) is 2.54. The Morgan fingerprint density at radius 2 is 2.36 bits per heavy atom. The van der Waals surface area contributed by atoms with E-state index in [2.05, 4.69) is 20.7 Å². The van der Waals surface area contributed by atoms with Crippen LogP contribution in [0.4, 0.5) is 0 Å². The van der Waals surface area contributed by atoms with Gasteiger partial charge < -0.3 is 11.1 Å². The highest BCUT2D eigenvalue weighted by Crippen LogP contribution is 2.03. The maximum Gasteiger partial charge on any atom is 0.274 e. The normalized spacial score (nSPS) is 11.0. The lowest BCUT2D eigenvalue weighted by molar-refractivity contribution is 0.0927.